The maximum Gasteiger partial charge on any atom is 0.410 e. The van der Waals surface area contributed by atoms with Gasteiger partial charge < -0.3 is 10.1 Å². The van der Waals surface area contributed by atoms with Gasteiger partial charge in [0.15, 0.2) is 0 Å². The van der Waals surface area contributed by atoms with Crippen LogP contribution in [-0.4, -0.2) is 37.2 Å². The van der Waals surface area contributed by atoms with Crippen LogP contribution in [0.4, 0.5) is 4.79 Å². The first-order chi connectivity index (χ1) is 8.83. The topological polar surface area (TPSA) is 41.6 Å². The maximum atomic E-state index is 12.0. The van der Waals surface area contributed by atoms with Crippen molar-refractivity contribution in [3.63, 3.8) is 0 Å². The molecule has 1 heterocycles. The van der Waals surface area contributed by atoms with Crippen molar-refractivity contribution in [3.05, 3.63) is 35.9 Å². The summed E-state index contributed by atoms with van der Waals surface area (Å²) in [5, 5.41) is 3.37. The number of carbonyl (C=O) groups excluding carboxylic acids is 1. The van der Waals surface area contributed by atoms with Crippen LogP contribution in [0.3, 0.4) is 0 Å². The van der Waals surface area contributed by atoms with Crippen LogP contribution in [0.1, 0.15) is 24.9 Å². The van der Waals surface area contributed by atoms with Gasteiger partial charge in [-0.25, -0.2) is 4.79 Å². The smallest absolute Gasteiger partial charge is 0.410 e. The Bertz CT molecular complexity index is 381. The number of hydrogen-bond acceptors (Lipinski definition) is 3. The van der Waals surface area contributed by atoms with Crippen LogP contribution in [0.25, 0.3) is 0 Å². The summed E-state index contributed by atoms with van der Waals surface area (Å²) in [6.07, 6.45) is 0.748. The molecule has 98 valence electrons. The Labute approximate surface area is 108 Å². The molecule has 4 heteroatoms. The number of nitrogens with one attached hydrogen (secondary N) is 1. The Kier molecular flexibility index (Phi) is 4.59. The van der Waals surface area contributed by atoms with Crippen molar-refractivity contribution < 1.29 is 9.53 Å². The Balaban J connectivity index is 2.19. The molecule has 0 bridgehead atoms. The van der Waals surface area contributed by atoms with Gasteiger partial charge in [0, 0.05) is 13.1 Å². The number of rotatable bonds is 2. The zero-order chi connectivity index (χ0) is 12.8. The van der Waals surface area contributed by atoms with E-state index in [1.165, 1.54) is 0 Å². The summed E-state index contributed by atoms with van der Waals surface area (Å²) >= 11 is 0. The summed E-state index contributed by atoms with van der Waals surface area (Å²) < 4.78 is 5.15. The minimum absolute atomic E-state index is 0.0627. The van der Waals surface area contributed by atoms with Gasteiger partial charge in [-0.1, -0.05) is 30.3 Å². The number of amides is 1. The highest BCUT2D eigenvalue weighted by atomic mass is 16.6. The molecule has 1 unspecified atom stereocenters. The number of nitrogens with zero attached hydrogens (tertiary/aromatic N) is 1. The van der Waals surface area contributed by atoms with E-state index in [1.807, 2.05) is 30.0 Å². The lowest BCUT2D eigenvalue weighted by molar-refractivity contribution is 0.0930. The minimum atomic E-state index is -0.213. The van der Waals surface area contributed by atoms with Gasteiger partial charge in [0.05, 0.1) is 12.6 Å². The SMILES string of the molecule is CCOC(=O)N1CCCNCC1c1ccccc1. The summed E-state index contributed by atoms with van der Waals surface area (Å²) in [5.74, 6) is 0. The van der Waals surface area contributed by atoms with Crippen molar-refractivity contribution in [2.75, 3.05) is 26.2 Å². The summed E-state index contributed by atoms with van der Waals surface area (Å²) in [7, 11) is 0. The average molecular weight is 248 g/mol. The Hall–Kier alpha value is -1.55. The molecule has 4 nitrogen and oxygen atoms in total. The van der Waals surface area contributed by atoms with E-state index in [0.717, 1.165) is 31.6 Å². The molecule has 1 aliphatic rings. The summed E-state index contributed by atoms with van der Waals surface area (Å²) in [6.45, 7) is 4.73. The fraction of sp³-hybridized carbons (Fsp3) is 0.500. The van der Waals surface area contributed by atoms with Crippen LogP contribution >= 0.6 is 0 Å². The van der Waals surface area contributed by atoms with E-state index in [-0.39, 0.29) is 12.1 Å². The molecule has 1 aromatic rings. The first-order valence-electron chi connectivity index (χ1n) is 6.52. The quantitative estimate of drug-likeness (QED) is 0.872. The number of hydrogen-bond donors (Lipinski definition) is 1. The van der Waals surface area contributed by atoms with E-state index in [1.54, 1.807) is 0 Å². The third-order valence-corrected chi connectivity index (χ3v) is 3.15. The molecule has 18 heavy (non-hydrogen) atoms. The van der Waals surface area contributed by atoms with Crippen molar-refractivity contribution in [2.45, 2.75) is 19.4 Å². The monoisotopic (exact) mass is 248 g/mol. The molecule has 1 fully saturated rings. The van der Waals surface area contributed by atoms with Gasteiger partial charge in [-0.15, -0.1) is 0 Å². The van der Waals surface area contributed by atoms with Gasteiger partial charge in [-0.2, -0.15) is 0 Å². The highest BCUT2D eigenvalue weighted by molar-refractivity contribution is 5.68. The number of ether oxygens (including phenoxy) is 1. The van der Waals surface area contributed by atoms with Gasteiger partial charge in [0.25, 0.3) is 0 Å². The van der Waals surface area contributed by atoms with Gasteiger partial charge >= 0.3 is 6.09 Å². The molecule has 1 saturated heterocycles. The fourth-order valence-electron chi connectivity index (χ4n) is 2.28. The Morgan fingerprint density at radius 1 is 1.44 bits per heavy atom. The zero-order valence-electron chi connectivity index (χ0n) is 10.8. The molecule has 2 rings (SSSR count). The summed E-state index contributed by atoms with van der Waals surface area (Å²) in [5.41, 5.74) is 1.15. The third kappa shape index (κ3) is 3.01. The fourth-order valence-corrected chi connectivity index (χ4v) is 2.28. The van der Waals surface area contributed by atoms with Gasteiger partial charge in [-0.05, 0) is 25.5 Å². The zero-order valence-corrected chi connectivity index (χ0v) is 10.8. The molecule has 0 radical (unpaired) electrons. The predicted octanol–water partition coefficient (Wildman–Crippen LogP) is 2.18. The van der Waals surface area contributed by atoms with Crippen molar-refractivity contribution >= 4 is 6.09 Å². The van der Waals surface area contributed by atoms with Crippen molar-refractivity contribution in [1.29, 1.82) is 0 Å². The van der Waals surface area contributed by atoms with Crippen LogP contribution in [-0.2, 0) is 4.74 Å². The molecule has 0 saturated carbocycles. The molecule has 1 atom stereocenters. The van der Waals surface area contributed by atoms with E-state index >= 15 is 0 Å². The second kappa shape index (κ2) is 6.40. The summed E-state index contributed by atoms with van der Waals surface area (Å²) in [6, 6.07) is 10.2. The van der Waals surface area contributed by atoms with Crippen LogP contribution in [0.5, 0.6) is 0 Å². The van der Waals surface area contributed by atoms with Crippen molar-refractivity contribution in [1.82, 2.24) is 10.2 Å². The predicted molar refractivity (Wildman–Crippen MR) is 70.4 cm³/mol. The molecule has 0 spiro atoms. The number of benzene rings is 1. The minimum Gasteiger partial charge on any atom is -0.450 e. The lowest BCUT2D eigenvalue weighted by Crippen LogP contribution is -2.38. The maximum absolute atomic E-state index is 12.0. The molecule has 1 aromatic carbocycles. The highest BCUT2D eigenvalue weighted by Gasteiger charge is 2.27. The normalized spacial score (nSPS) is 20.3. The van der Waals surface area contributed by atoms with E-state index in [2.05, 4.69) is 17.4 Å². The third-order valence-electron chi connectivity index (χ3n) is 3.15. The highest BCUT2D eigenvalue weighted by Crippen LogP contribution is 2.22. The van der Waals surface area contributed by atoms with E-state index in [9.17, 15) is 4.79 Å². The molecule has 1 amide bonds. The summed E-state index contributed by atoms with van der Waals surface area (Å²) in [4.78, 5) is 13.8. The lowest BCUT2D eigenvalue weighted by atomic mass is 10.1. The van der Waals surface area contributed by atoms with E-state index in [0.29, 0.717) is 6.61 Å². The second-order valence-corrected chi connectivity index (χ2v) is 4.38. The first-order valence-corrected chi connectivity index (χ1v) is 6.52. The second-order valence-electron chi connectivity index (χ2n) is 4.38. The first kappa shape index (κ1) is 12.9. The molecule has 1 aliphatic heterocycles. The molecular weight excluding hydrogens is 228 g/mol. The Morgan fingerprint density at radius 2 is 2.22 bits per heavy atom. The largest absolute Gasteiger partial charge is 0.450 e. The van der Waals surface area contributed by atoms with Gasteiger partial charge in [0.2, 0.25) is 0 Å². The molecular formula is C14H20N2O2. The van der Waals surface area contributed by atoms with E-state index < -0.39 is 0 Å². The van der Waals surface area contributed by atoms with Gasteiger partial charge in [-0.3, -0.25) is 4.90 Å². The molecule has 1 N–H and O–H groups in total. The van der Waals surface area contributed by atoms with Crippen LogP contribution in [0.2, 0.25) is 0 Å². The van der Waals surface area contributed by atoms with Crippen molar-refractivity contribution in [3.8, 4) is 0 Å². The van der Waals surface area contributed by atoms with Crippen molar-refractivity contribution in [2.24, 2.45) is 0 Å². The van der Waals surface area contributed by atoms with Crippen LogP contribution < -0.4 is 5.32 Å². The van der Waals surface area contributed by atoms with Gasteiger partial charge in [0.1, 0.15) is 0 Å². The van der Waals surface area contributed by atoms with Crippen LogP contribution in [0.15, 0.2) is 30.3 Å². The average Bonchev–Trinajstić information content (AvgIpc) is 2.65. The Morgan fingerprint density at radius 3 is 2.94 bits per heavy atom. The van der Waals surface area contributed by atoms with Crippen LogP contribution in [0, 0.1) is 0 Å². The molecule has 0 aliphatic carbocycles. The lowest BCUT2D eigenvalue weighted by Gasteiger charge is -2.29. The van der Waals surface area contributed by atoms with E-state index in [4.69, 9.17) is 4.74 Å². The molecule has 0 aromatic heterocycles. The number of carbonyl (C=O) groups is 1. The standard InChI is InChI=1S/C14H20N2O2/c1-2-18-14(17)16-10-6-9-15-11-13(16)12-7-4-3-5-8-12/h3-5,7-8,13,15H,2,6,9-11H2,1H3.